The van der Waals surface area contributed by atoms with E-state index in [0.717, 1.165) is 64.7 Å². The van der Waals surface area contributed by atoms with E-state index >= 15 is 0 Å². The Hall–Kier alpha value is -2.93. The lowest BCUT2D eigenvalue weighted by atomic mass is 9.97. The maximum Gasteiger partial charge on any atom is 0.164 e. The Kier molecular flexibility index (Phi) is 5.49. The molecule has 0 saturated heterocycles. The summed E-state index contributed by atoms with van der Waals surface area (Å²) in [6.07, 6.45) is 7.81. The van der Waals surface area contributed by atoms with Crippen LogP contribution in [0.5, 0.6) is 5.75 Å². The van der Waals surface area contributed by atoms with Crippen molar-refractivity contribution < 1.29 is 6.16 Å². The van der Waals surface area contributed by atoms with Crippen LogP contribution in [0, 0.1) is 6.92 Å². The smallest absolute Gasteiger partial charge is 0.164 e. The fourth-order valence-electron chi connectivity index (χ4n) is 3.90. The Bertz CT molecular complexity index is 1020. The summed E-state index contributed by atoms with van der Waals surface area (Å²) in [4.78, 5) is 9.47. The molecule has 0 amide bonds. The van der Waals surface area contributed by atoms with E-state index in [1.54, 1.807) is 4.68 Å². The van der Waals surface area contributed by atoms with Gasteiger partial charge in [-0.05, 0) is 51.1 Å². The second-order valence-corrected chi connectivity index (χ2v) is 7.51. The molecule has 0 aromatic carbocycles. The number of nitrogens with zero attached hydrogens (tertiary/aromatic N) is 4. The van der Waals surface area contributed by atoms with Crippen LogP contribution in [0.1, 0.15) is 44.1 Å². The number of hydrogen-bond acceptors (Lipinski definition) is 6. The van der Waals surface area contributed by atoms with Crippen molar-refractivity contribution in [3.63, 3.8) is 0 Å². The molecule has 0 radical (unpaired) electrons. The molecular formula is C22H30N6O. The van der Waals surface area contributed by atoms with Gasteiger partial charge >= 0.3 is 0 Å². The van der Waals surface area contributed by atoms with Crippen molar-refractivity contribution in [1.29, 1.82) is 0 Å². The number of rotatable bonds is 6. The summed E-state index contributed by atoms with van der Waals surface area (Å²) in [5, 5.41) is 11.1. The van der Waals surface area contributed by atoms with Gasteiger partial charge in [0.05, 0.1) is 17.6 Å². The standard InChI is InChI=1S/C22H28N6O.H2/c1-5-15(6-8-23-3)19-10-20-21(14(2)26-19)29-13-18-17(7-9-24-22(18)27-20)16-11-25-28(4)12-16;/h7,9-12,15,23H,5-6,8,13H2,1-4H3,(H,24,27);1H. The van der Waals surface area contributed by atoms with Crippen molar-refractivity contribution in [2.75, 3.05) is 18.9 Å². The normalized spacial score (nSPS) is 13.7. The summed E-state index contributed by atoms with van der Waals surface area (Å²) in [5.74, 6) is 2.03. The third-order valence-corrected chi connectivity index (χ3v) is 5.50. The van der Waals surface area contributed by atoms with Crippen molar-refractivity contribution >= 4 is 11.5 Å². The summed E-state index contributed by atoms with van der Waals surface area (Å²) in [6.45, 7) is 5.63. The molecule has 1 unspecified atom stereocenters. The molecule has 1 aliphatic heterocycles. The van der Waals surface area contributed by atoms with Gasteiger partial charge in [0.2, 0.25) is 0 Å². The first-order valence-corrected chi connectivity index (χ1v) is 10.1. The number of aromatic nitrogens is 4. The van der Waals surface area contributed by atoms with Crippen LogP contribution < -0.4 is 15.4 Å². The van der Waals surface area contributed by atoms with Crippen molar-refractivity contribution in [3.8, 4) is 16.9 Å². The minimum absolute atomic E-state index is 0. The van der Waals surface area contributed by atoms with E-state index in [-0.39, 0.29) is 1.43 Å². The number of anilines is 2. The quantitative estimate of drug-likeness (QED) is 0.653. The second-order valence-electron chi connectivity index (χ2n) is 7.51. The van der Waals surface area contributed by atoms with Crippen LogP contribution in [-0.2, 0) is 13.7 Å². The highest BCUT2D eigenvalue weighted by molar-refractivity contribution is 5.76. The van der Waals surface area contributed by atoms with E-state index in [9.17, 15) is 0 Å². The largest absolute Gasteiger partial charge is 0.485 e. The van der Waals surface area contributed by atoms with Crippen LogP contribution in [0.4, 0.5) is 11.5 Å². The third kappa shape index (κ3) is 3.82. The number of nitrogens with one attached hydrogen (secondary N) is 2. The predicted molar refractivity (Wildman–Crippen MR) is 117 cm³/mol. The van der Waals surface area contributed by atoms with Gasteiger partial charge in [-0.15, -0.1) is 0 Å². The van der Waals surface area contributed by atoms with Crippen LogP contribution >= 0.6 is 0 Å². The summed E-state index contributed by atoms with van der Waals surface area (Å²) in [7, 11) is 3.91. The molecule has 0 bridgehead atoms. The maximum atomic E-state index is 6.22. The average molecular weight is 395 g/mol. The molecule has 7 heteroatoms. The number of ether oxygens (including phenoxy) is 1. The van der Waals surface area contributed by atoms with Gasteiger partial charge in [-0.1, -0.05) is 6.92 Å². The Balaban J connectivity index is 0.00000256. The summed E-state index contributed by atoms with van der Waals surface area (Å²) in [5.41, 5.74) is 6.10. The zero-order valence-electron chi connectivity index (χ0n) is 17.5. The monoisotopic (exact) mass is 394 g/mol. The predicted octanol–water partition coefficient (Wildman–Crippen LogP) is 4.17. The molecule has 0 saturated carbocycles. The summed E-state index contributed by atoms with van der Waals surface area (Å²) >= 11 is 0. The molecule has 29 heavy (non-hydrogen) atoms. The van der Waals surface area contributed by atoms with Crippen LogP contribution in [0.25, 0.3) is 11.1 Å². The molecule has 4 rings (SSSR count). The topological polar surface area (TPSA) is 76.9 Å². The Morgan fingerprint density at radius 2 is 2.28 bits per heavy atom. The van der Waals surface area contributed by atoms with E-state index in [0.29, 0.717) is 12.5 Å². The van der Waals surface area contributed by atoms with Gasteiger partial charge in [-0.2, -0.15) is 5.10 Å². The van der Waals surface area contributed by atoms with Gasteiger partial charge in [0.25, 0.3) is 0 Å². The van der Waals surface area contributed by atoms with Gasteiger partial charge in [0.1, 0.15) is 12.4 Å². The Morgan fingerprint density at radius 1 is 1.41 bits per heavy atom. The number of fused-ring (bicyclic) bond motifs is 2. The molecule has 3 aromatic rings. The molecule has 0 fully saturated rings. The second kappa shape index (κ2) is 8.21. The zero-order valence-corrected chi connectivity index (χ0v) is 17.5. The van der Waals surface area contributed by atoms with Crippen molar-refractivity contribution in [3.05, 3.63) is 47.7 Å². The molecule has 2 N–H and O–H groups in total. The average Bonchev–Trinajstić information content (AvgIpc) is 3.04. The summed E-state index contributed by atoms with van der Waals surface area (Å²) < 4.78 is 8.02. The van der Waals surface area contributed by atoms with E-state index in [1.165, 1.54) is 0 Å². The summed E-state index contributed by atoms with van der Waals surface area (Å²) in [6, 6.07) is 4.14. The Morgan fingerprint density at radius 3 is 3.00 bits per heavy atom. The van der Waals surface area contributed by atoms with Crippen LogP contribution in [0.15, 0.2) is 30.7 Å². The van der Waals surface area contributed by atoms with Crippen LogP contribution in [0.2, 0.25) is 0 Å². The first-order valence-electron chi connectivity index (χ1n) is 10.1. The number of hydrogen-bond donors (Lipinski definition) is 2. The maximum absolute atomic E-state index is 6.22. The van der Waals surface area contributed by atoms with Gasteiger partial charge in [0.15, 0.2) is 5.75 Å². The van der Waals surface area contributed by atoms with Gasteiger partial charge in [0, 0.05) is 43.6 Å². The molecule has 154 valence electrons. The lowest BCUT2D eigenvalue weighted by molar-refractivity contribution is 0.307. The van der Waals surface area contributed by atoms with Crippen LogP contribution in [-0.4, -0.2) is 33.3 Å². The van der Waals surface area contributed by atoms with Crippen molar-refractivity contribution in [2.45, 2.75) is 39.2 Å². The van der Waals surface area contributed by atoms with Gasteiger partial charge in [-0.25, -0.2) is 4.98 Å². The highest BCUT2D eigenvalue weighted by Crippen LogP contribution is 2.39. The fraction of sp³-hybridized carbons (Fsp3) is 0.409. The minimum atomic E-state index is 0. The highest BCUT2D eigenvalue weighted by atomic mass is 16.5. The highest BCUT2D eigenvalue weighted by Gasteiger charge is 2.23. The van der Waals surface area contributed by atoms with E-state index in [1.807, 2.05) is 45.7 Å². The lowest BCUT2D eigenvalue weighted by Crippen LogP contribution is -2.13. The number of pyridine rings is 2. The SMILES string of the molecule is CCC(CCNC)c1cc2c(c(C)n1)OCc1c(-c3cnn(C)c3)ccnc1N2.[HH]. The minimum Gasteiger partial charge on any atom is -0.485 e. The molecule has 0 aliphatic carbocycles. The molecular weight excluding hydrogens is 364 g/mol. The fourth-order valence-corrected chi connectivity index (χ4v) is 3.90. The molecule has 3 aromatic heterocycles. The van der Waals surface area contributed by atoms with E-state index < -0.39 is 0 Å². The van der Waals surface area contributed by atoms with Gasteiger partial charge in [-0.3, -0.25) is 9.67 Å². The number of aryl methyl sites for hydroxylation is 2. The first-order chi connectivity index (χ1) is 14.1. The molecule has 4 heterocycles. The molecule has 7 nitrogen and oxygen atoms in total. The molecule has 0 spiro atoms. The first kappa shape index (κ1) is 19.4. The molecule has 1 aliphatic rings. The Labute approximate surface area is 173 Å². The lowest BCUT2D eigenvalue weighted by Gasteiger charge is -2.18. The van der Waals surface area contributed by atoms with Gasteiger partial charge < -0.3 is 15.4 Å². The van der Waals surface area contributed by atoms with E-state index in [4.69, 9.17) is 9.72 Å². The van der Waals surface area contributed by atoms with Crippen LogP contribution in [0.3, 0.4) is 0 Å². The van der Waals surface area contributed by atoms with E-state index in [2.05, 4.69) is 33.7 Å². The zero-order chi connectivity index (χ0) is 20.4. The molecule has 1 atom stereocenters. The van der Waals surface area contributed by atoms with Crippen molar-refractivity contribution in [1.82, 2.24) is 25.1 Å². The van der Waals surface area contributed by atoms with Crippen molar-refractivity contribution in [2.24, 2.45) is 7.05 Å². The third-order valence-electron chi connectivity index (χ3n) is 5.50.